The van der Waals surface area contributed by atoms with E-state index in [2.05, 4.69) is 24.1 Å². The summed E-state index contributed by atoms with van der Waals surface area (Å²) in [6, 6.07) is 2.33. The van der Waals surface area contributed by atoms with Crippen LogP contribution in [0.2, 0.25) is 0 Å². The fraction of sp³-hybridized carbons (Fsp3) is 1.00. The van der Waals surface area contributed by atoms with Crippen LogP contribution in [-0.4, -0.2) is 36.1 Å². The molecule has 2 rings (SSSR count). The van der Waals surface area contributed by atoms with E-state index in [-0.39, 0.29) is 0 Å². The fourth-order valence-electron chi connectivity index (χ4n) is 3.54. The second-order valence-corrected chi connectivity index (χ2v) is 6.23. The van der Waals surface area contributed by atoms with Crippen LogP contribution in [0.25, 0.3) is 0 Å². The van der Waals surface area contributed by atoms with Gasteiger partial charge in [0.05, 0.1) is 0 Å². The van der Waals surface area contributed by atoms with E-state index in [1.165, 1.54) is 64.5 Å². The van der Waals surface area contributed by atoms with E-state index in [1.807, 2.05) is 0 Å². The van der Waals surface area contributed by atoms with Gasteiger partial charge in [0.15, 0.2) is 0 Å². The summed E-state index contributed by atoms with van der Waals surface area (Å²) in [6.45, 7) is 7.27. The zero-order valence-corrected chi connectivity index (χ0v) is 11.8. The highest BCUT2D eigenvalue weighted by Crippen LogP contribution is 2.24. The van der Waals surface area contributed by atoms with Gasteiger partial charge in [-0.3, -0.25) is 4.90 Å². The molecule has 1 unspecified atom stereocenters. The molecule has 2 aliphatic rings. The molecule has 2 fully saturated rings. The smallest absolute Gasteiger partial charge is 0.0195 e. The van der Waals surface area contributed by atoms with Crippen LogP contribution in [0.1, 0.15) is 65.2 Å². The first-order valence-corrected chi connectivity index (χ1v) is 7.76. The summed E-state index contributed by atoms with van der Waals surface area (Å²) in [4.78, 5) is 2.79. The maximum atomic E-state index is 3.65. The van der Waals surface area contributed by atoms with Gasteiger partial charge in [-0.2, -0.15) is 0 Å². The van der Waals surface area contributed by atoms with E-state index in [0.717, 1.165) is 12.1 Å². The van der Waals surface area contributed by atoms with E-state index >= 15 is 0 Å². The molecule has 0 aromatic heterocycles. The van der Waals surface area contributed by atoms with Gasteiger partial charge in [0.2, 0.25) is 0 Å². The molecule has 1 atom stereocenters. The van der Waals surface area contributed by atoms with Gasteiger partial charge in [0.25, 0.3) is 0 Å². The van der Waals surface area contributed by atoms with E-state index in [1.54, 1.807) is 0 Å². The fourth-order valence-corrected chi connectivity index (χ4v) is 3.54. The summed E-state index contributed by atoms with van der Waals surface area (Å²) in [7, 11) is 0. The van der Waals surface area contributed by atoms with Gasteiger partial charge in [-0.15, -0.1) is 0 Å². The lowest BCUT2D eigenvalue weighted by Gasteiger charge is -2.36. The summed E-state index contributed by atoms with van der Waals surface area (Å²) in [5.74, 6) is 0. The van der Waals surface area contributed by atoms with Crippen molar-refractivity contribution in [2.75, 3.05) is 13.1 Å². The molecule has 17 heavy (non-hydrogen) atoms. The van der Waals surface area contributed by atoms with E-state index in [0.29, 0.717) is 6.04 Å². The van der Waals surface area contributed by atoms with Crippen molar-refractivity contribution in [1.29, 1.82) is 0 Å². The van der Waals surface area contributed by atoms with Crippen molar-refractivity contribution < 1.29 is 0 Å². The maximum absolute atomic E-state index is 3.65. The summed E-state index contributed by atoms with van der Waals surface area (Å²) in [5, 5.41) is 3.65. The van der Waals surface area contributed by atoms with E-state index in [9.17, 15) is 0 Å². The molecular weight excluding hydrogens is 208 g/mol. The lowest BCUT2D eigenvalue weighted by Crippen LogP contribution is -2.46. The maximum Gasteiger partial charge on any atom is 0.0195 e. The van der Waals surface area contributed by atoms with Gasteiger partial charge in [0.1, 0.15) is 0 Å². The van der Waals surface area contributed by atoms with Gasteiger partial charge in [0, 0.05) is 24.7 Å². The third-order valence-electron chi connectivity index (χ3n) is 4.55. The average Bonchev–Trinajstić information content (AvgIpc) is 2.67. The van der Waals surface area contributed by atoms with Crippen LogP contribution in [-0.2, 0) is 0 Å². The van der Waals surface area contributed by atoms with Gasteiger partial charge < -0.3 is 5.32 Å². The molecule has 1 saturated carbocycles. The summed E-state index contributed by atoms with van der Waals surface area (Å²) in [6.07, 6.45) is 11.5. The zero-order chi connectivity index (χ0) is 12.1. The second-order valence-electron chi connectivity index (χ2n) is 6.23. The molecule has 100 valence electrons. The lowest BCUT2D eigenvalue weighted by atomic mass is 10.0. The Balaban J connectivity index is 1.89. The van der Waals surface area contributed by atoms with Crippen molar-refractivity contribution in [1.82, 2.24) is 10.2 Å². The van der Waals surface area contributed by atoms with Crippen molar-refractivity contribution in [3.63, 3.8) is 0 Å². The van der Waals surface area contributed by atoms with Gasteiger partial charge in [-0.05, 0) is 46.1 Å². The van der Waals surface area contributed by atoms with Gasteiger partial charge in [-0.25, -0.2) is 0 Å². The normalized spacial score (nSPS) is 27.9. The van der Waals surface area contributed by atoms with Crippen molar-refractivity contribution in [3.8, 4) is 0 Å². The van der Waals surface area contributed by atoms with Crippen LogP contribution in [0, 0.1) is 0 Å². The van der Waals surface area contributed by atoms with Gasteiger partial charge in [-0.1, -0.05) is 25.7 Å². The first kappa shape index (κ1) is 13.4. The number of hydrogen-bond acceptors (Lipinski definition) is 2. The molecule has 2 nitrogen and oxygen atoms in total. The SMILES string of the molecule is CC(C)N(CC1CCCN1)C1CCCCCC1. The third-order valence-corrected chi connectivity index (χ3v) is 4.55. The van der Waals surface area contributed by atoms with Crippen molar-refractivity contribution in [2.45, 2.75) is 83.3 Å². The molecule has 2 heteroatoms. The van der Waals surface area contributed by atoms with Crippen LogP contribution in [0.4, 0.5) is 0 Å². The van der Waals surface area contributed by atoms with Gasteiger partial charge >= 0.3 is 0 Å². The minimum Gasteiger partial charge on any atom is -0.313 e. The lowest BCUT2D eigenvalue weighted by molar-refractivity contribution is 0.126. The largest absolute Gasteiger partial charge is 0.313 e. The highest BCUT2D eigenvalue weighted by Gasteiger charge is 2.26. The molecular formula is C15H30N2. The Morgan fingerprint density at radius 2 is 1.71 bits per heavy atom. The van der Waals surface area contributed by atoms with Crippen LogP contribution in [0.5, 0.6) is 0 Å². The van der Waals surface area contributed by atoms with Crippen molar-refractivity contribution in [2.24, 2.45) is 0 Å². The molecule has 1 saturated heterocycles. The quantitative estimate of drug-likeness (QED) is 0.757. The molecule has 1 heterocycles. The molecule has 0 aromatic carbocycles. The Labute approximate surface area is 107 Å². The number of rotatable bonds is 4. The Morgan fingerprint density at radius 3 is 2.24 bits per heavy atom. The minimum atomic E-state index is 0.709. The molecule has 0 bridgehead atoms. The molecule has 0 amide bonds. The van der Waals surface area contributed by atoms with Crippen molar-refractivity contribution >= 4 is 0 Å². The highest BCUT2D eigenvalue weighted by atomic mass is 15.2. The molecule has 1 N–H and O–H groups in total. The minimum absolute atomic E-state index is 0.709. The summed E-state index contributed by atoms with van der Waals surface area (Å²) >= 11 is 0. The molecule has 0 aromatic rings. The molecule has 1 aliphatic heterocycles. The Hall–Kier alpha value is -0.0800. The topological polar surface area (TPSA) is 15.3 Å². The monoisotopic (exact) mass is 238 g/mol. The molecule has 0 radical (unpaired) electrons. The third kappa shape index (κ3) is 3.96. The predicted molar refractivity (Wildman–Crippen MR) is 74.4 cm³/mol. The number of hydrogen-bond donors (Lipinski definition) is 1. The average molecular weight is 238 g/mol. The van der Waals surface area contributed by atoms with E-state index < -0.39 is 0 Å². The predicted octanol–water partition coefficient (Wildman–Crippen LogP) is 3.17. The Bertz CT molecular complexity index is 201. The van der Waals surface area contributed by atoms with Crippen LogP contribution < -0.4 is 5.32 Å². The highest BCUT2D eigenvalue weighted by molar-refractivity contribution is 4.84. The first-order chi connectivity index (χ1) is 8.27. The zero-order valence-electron chi connectivity index (χ0n) is 11.8. The number of nitrogens with zero attached hydrogens (tertiary/aromatic N) is 1. The Kier molecular flexibility index (Phi) is 5.30. The molecule has 1 aliphatic carbocycles. The molecule has 0 spiro atoms. The van der Waals surface area contributed by atoms with Crippen molar-refractivity contribution in [3.05, 3.63) is 0 Å². The first-order valence-electron chi connectivity index (χ1n) is 7.76. The van der Waals surface area contributed by atoms with E-state index in [4.69, 9.17) is 0 Å². The summed E-state index contributed by atoms with van der Waals surface area (Å²) in [5.41, 5.74) is 0. The second kappa shape index (κ2) is 6.75. The van der Waals surface area contributed by atoms with Crippen LogP contribution >= 0.6 is 0 Å². The standard InChI is InChI=1S/C15H30N2/c1-13(2)17(12-14-8-7-11-16-14)15-9-5-3-4-6-10-15/h13-16H,3-12H2,1-2H3. The number of nitrogens with one attached hydrogen (secondary N) is 1. The Morgan fingerprint density at radius 1 is 1.00 bits per heavy atom. The summed E-state index contributed by atoms with van der Waals surface area (Å²) < 4.78 is 0. The van der Waals surface area contributed by atoms with Crippen LogP contribution in [0.15, 0.2) is 0 Å². The van der Waals surface area contributed by atoms with Crippen LogP contribution in [0.3, 0.4) is 0 Å².